The minimum Gasteiger partial charge on any atom is -0.489 e. The second kappa shape index (κ2) is 7.53. The van der Waals surface area contributed by atoms with Crippen molar-refractivity contribution in [1.29, 1.82) is 0 Å². The smallest absolute Gasteiger partial charge is 0.262 e. The molecule has 1 aliphatic rings. The maximum Gasteiger partial charge on any atom is 0.262 e. The van der Waals surface area contributed by atoms with E-state index >= 15 is 0 Å². The van der Waals surface area contributed by atoms with Crippen molar-refractivity contribution >= 4 is 29.2 Å². The first kappa shape index (κ1) is 19.1. The monoisotopic (exact) mass is 386 g/mol. The summed E-state index contributed by atoms with van der Waals surface area (Å²) in [6.45, 7) is 1.84. The van der Waals surface area contributed by atoms with Crippen LogP contribution in [-0.2, 0) is 9.53 Å². The van der Waals surface area contributed by atoms with Crippen molar-refractivity contribution in [2.24, 2.45) is 0 Å². The number of aromatic nitrogens is 1. The Bertz CT molecular complexity index is 1040. The molecule has 146 valence electrons. The highest BCUT2D eigenvalue weighted by atomic mass is 16.5. The van der Waals surface area contributed by atoms with Gasteiger partial charge in [-0.1, -0.05) is 0 Å². The summed E-state index contributed by atoms with van der Waals surface area (Å²) in [5.41, 5.74) is 5.89. The SMILES string of the molecule is COCCOc1ccc(NC(C)=O)cc1-n1c(N)c2c(cc1=O)C(=O)NC2=O. The van der Waals surface area contributed by atoms with Crippen molar-refractivity contribution in [1.82, 2.24) is 9.88 Å². The number of benzene rings is 1. The predicted molar refractivity (Wildman–Crippen MR) is 99.9 cm³/mol. The van der Waals surface area contributed by atoms with E-state index in [9.17, 15) is 19.2 Å². The molecule has 3 amide bonds. The third-order valence-corrected chi connectivity index (χ3v) is 4.02. The van der Waals surface area contributed by atoms with Gasteiger partial charge in [0.1, 0.15) is 18.2 Å². The number of ether oxygens (including phenoxy) is 2. The zero-order chi connectivity index (χ0) is 20.4. The molecule has 4 N–H and O–H groups in total. The number of nitrogen functional groups attached to an aromatic ring is 1. The first-order chi connectivity index (χ1) is 13.3. The second-order valence-corrected chi connectivity index (χ2v) is 5.98. The standard InChI is InChI=1S/C18H18N4O6/c1-9(23)20-10-3-4-13(28-6-5-27-2)12(7-10)22-14(24)8-11-15(16(22)19)18(26)21-17(11)25/h3-4,7-8H,5-6,19H2,1-2H3,(H,20,23)(H,21,25,26). The van der Waals surface area contributed by atoms with Gasteiger partial charge in [0, 0.05) is 25.8 Å². The van der Waals surface area contributed by atoms with Gasteiger partial charge in [-0.05, 0) is 18.2 Å². The fraction of sp³-hybridized carbons (Fsp3) is 0.222. The molecule has 2 heterocycles. The first-order valence-corrected chi connectivity index (χ1v) is 8.28. The predicted octanol–water partition coefficient (Wildman–Crippen LogP) is 0.287. The molecule has 28 heavy (non-hydrogen) atoms. The van der Waals surface area contributed by atoms with Crippen LogP contribution in [0, 0.1) is 0 Å². The van der Waals surface area contributed by atoms with Gasteiger partial charge in [0.05, 0.1) is 23.4 Å². The molecule has 10 nitrogen and oxygen atoms in total. The number of hydrogen-bond donors (Lipinski definition) is 3. The van der Waals surface area contributed by atoms with Crippen LogP contribution in [0.1, 0.15) is 27.6 Å². The number of nitrogens with zero attached hydrogens (tertiary/aromatic N) is 1. The number of anilines is 2. The number of rotatable bonds is 6. The molecule has 1 aromatic carbocycles. The van der Waals surface area contributed by atoms with Crippen molar-refractivity contribution in [3.8, 4) is 11.4 Å². The molecule has 0 radical (unpaired) electrons. The topological polar surface area (TPSA) is 142 Å². The summed E-state index contributed by atoms with van der Waals surface area (Å²) in [5, 5.41) is 4.72. The normalized spacial score (nSPS) is 12.5. The molecule has 1 aliphatic heterocycles. The van der Waals surface area contributed by atoms with E-state index in [1.807, 2.05) is 0 Å². The van der Waals surface area contributed by atoms with Gasteiger partial charge in [-0.3, -0.25) is 29.1 Å². The molecule has 0 saturated carbocycles. The van der Waals surface area contributed by atoms with Gasteiger partial charge in [0.2, 0.25) is 5.91 Å². The van der Waals surface area contributed by atoms with E-state index in [4.69, 9.17) is 15.2 Å². The van der Waals surface area contributed by atoms with E-state index in [1.165, 1.54) is 20.1 Å². The number of imide groups is 1. The van der Waals surface area contributed by atoms with Crippen LogP contribution in [0.4, 0.5) is 11.5 Å². The first-order valence-electron chi connectivity index (χ1n) is 8.28. The van der Waals surface area contributed by atoms with Crippen LogP contribution in [0.3, 0.4) is 0 Å². The van der Waals surface area contributed by atoms with Crippen LogP contribution in [-0.4, -0.2) is 42.6 Å². The molecule has 1 aromatic heterocycles. The summed E-state index contributed by atoms with van der Waals surface area (Å²) in [7, 11) is 1.52. The van der Waals surface area contributed by atoms with Crippen LogP contribution in [0.2, 0.25) is 0 Å². The molecule has 10 heteroatoms. The highest BCUT2D eigenvalue weighted by Gasteiger charge is 2.32. The molecule has 0 saturated heterocycles. The van der Waals surface area contributed by atoms with Gasteiger partial charge in [-0.15, -0.1) is 0 Å². The Morgan fingerprint density at radius 2 is 1.93 bits per heavy atom. The van der Waals surface area contributed by atoms with E-state index in [0.29, 0.717) is 12.3 Å². The van der Waals surface area contributed by atoms with Gasteiger partial charge >= 0.3 is 0 Å². The van der Waals surface area contributed by atoms with Crippen molar-refractivity contribution in [3.63, 3.8) is 0 Å². The van der Waals surface area contributed by atoms with Crippen LogP contribution in [0.25, 0.3) is 5.69 Å². The Hall–Kier alpha value is -3.66. The van der Waals surface area contributed by atoms with Crippen molar-refractivity contribution < 1.29 is 23.9 Å². The van der Waals surface area contributed by atoms with Crippen molar-refractivity contribution in [2.75, 3.05) is 31.4 Å². The molecule has 0 bridgehead atoms. The molecule has 2 aromatic rings. The molecule has 0 spiro atoms. The van der Waals surface area contributed by atoms with Gasteiger partial charge < -0.3 is 20.5 Å². The van der Waals surface area contributed by atoms with Crippen LogP contribution < -0.4 is 26.7 Å². The lowest BCUT2D eigenvalue weighted by atomic mass is 10.1. The van der Waals surface area contributed by atoms with E-state index in [2.05, 4.69) is 10.6 Å². The number of carbonyl (C=O) groups is 3. The van der Waals surface area contributed by atoms with Gasteiger partial charge in [0.15, 0.2) is 0 Å². The number of hydrogen-bond acceptors (Lipinski definition) is 7. The van der Waals surface area contributed by atoms with Gasteiger partial charge in [-0.25, -0.2) is 0 Å². The number of amides is 3. The third kappa shape index (κ3) is 3.45. The highest BCUT2D eigenvalue weighted by molar-refractivity contribution is 6.23. The summed E-state index contributed by atoms with van der Waals surface area (Å²) in [4.78, 5) is 48.0. The van der Waals surface area contributed by atoms with Crippen molar-refractivity contribution in [3.05, 3.63) is 45.7 Å². The minimum absolute atomic E-state index is 0.0800. The number of fused-ring (bicyclic) bond motifs is 1. The molecule has 0 fully saturated rings. The Morgan fingerprint density at radius 1 is 1.18 bits per heavy atom. The summed E-state index contributed by atoms with van der Waals surface area (Å²) < 4.78 is 11.7. The molecular weight excluding hydrogens is 368 g/mol. The van der Waals surface area contributed by atoms with Crippen LogP contribution in [0.15, 0.2) is 29.1 Å². The zero-order valence-electron chi connectivity index (χ0n) is 15.2. The van der Waals surface area contributed by atoms with Crippen LogP contribution in [0.5, 0.6) is 5.75 Å². The quantitative estimate of drug-likeness (QED) is 0.478. The maximum absolute atomic E-state index is 12.7. The van der Waals surface area contributed by atoms with Gasteiger partial charge in [-0.2, -0.15) is 0 Å². The van der Waals surface area contributed by atoms with Crippen LogP contribution >= 0.6 is 0 Å². The average molecular weight is 386 g/mol. The van der Waals surface area contributed by atoms with E-state index in [1.54, 1.807) is 12.1 Å². The molecule has 0 aliphatic carbocycles. The van der Waals surface area contributed by atoms with Crippen molar-refractivity contribution in [2.45, 2.75) is 6.92 Å². The Labute approximate surface area is 159 Å². The number of pyridine rings is 1. The average Bonchev–Trinajstić information content (AvgIpc) is 2.90. The van der Waals surface area contributed by atoms with E-state index in [0.717, 1.165) is 10.6 Å². The second-order valence-electron chi connectivity index (χ2n) is 5.98. The molecule has 3 rings (SSSR count). The lowest BCUT2D eigenvalue weighted by Gasteiger charge is -2.17. The maximum atomic E-state index is 12.7. The lowest BCUT2D eigenvalue weighted by molar-refractivity contribution is -0.114. The molecular formula is C18H18N4O6. The fourth-order valence-corrected chi connectivity index (χ4v) is 2.86. The number of nitrogens with two attached hydrogens (primary N) is 1. The summed E-state index contributed by atoms with van der Waals surface area (Å²) >= 11 is 0. The minimum atomic E-state index is -0.689. The largest absolute Gasteiger partial charge is 0.489 e. The van der Waals surface area contributed by atoms with Gasteiger partial charge in [0.25, 0.3) is 17.4 Å². The number of nitrogens with one attached hydrogen (secondary N) is 2. The number of methoxy groups -OCH3 is 1. The summed E-state index contributed by atoms with van der Waals surface area (Å²) in [5.74, 6) is -1.60. The zero-order valence-corrected chi connectivity index (χ0v) is 15.2. The fourth-order valence-electron chi connectivity index (χ4n) is 2.86. The van der Waals surface area contributed by atoms with E-state index < -0.39 is 17.4 Å². The number of carbonyl (C=O) groups excluding carboxylic acids is 3. The highest BCUT2D eigenvalue weighted by Crippen LogP contribution is 2.30. The Kier molecular flexibility index (Phi) is 5.14. The third-order valence-electron chi connectivity index (χ3n) is 4.02. The molecule has 0 atom stereocenters. The Morgan fingerprint density at radius 3 is 2.61 bits per heavy atom. The lowest BCUT2D eigenvalue weighted by Crippen LogP contribution is -2.25. The van der Waals surface area contributed by atoms with E-state index in [-0.39, 0.29) is 40.9 Å². The Balaban J connectivity index is 2.20. The summed E-state index contributed by atoms with van der Waals surface area (Å²) in [6, 6.07) is 5.68. The summed E-state index contributed by atoms with van der Waals surface area (Å²) in [6.07, 6.45) is 0. The molecule has 0 unspecified atom stereocenters.